The van der Waals surface area contributed by atoms with E-state index in [0.29, 0.717) is 23.5 Å². The van der Waals surface area contributed by atoms with Crippen molar-refractivity contribution in [3.05, 3.63) is 52.5 Å². The summed E-state index contributed by atoms with van der Waals surface area (Å²) in [5.74, 6) is 1.82. The molecule has 3 N–H and O–H groups in total. The molecule has 2 aliphatic heterocycles. The maximum Gasteiger partial charge on any atom is 0.239 e. The summed E-state index contributed by atoms with van der Waals surface area (Å²) >= 11 is 7.56. The Kier molecular flexibility index (Phi) is 6.45. The molecule has 0 radical (unpaired) electrons. The van der Waals surface area contributed by atoms with Crippen molar-refractivity contribution in [2.45, 2.75) is 22.4 Å². The van der Waals surface area contributed by atoms with E-state index >= 15 is 0 Å². The molecular formula is C18H20BrClN2O5S2. The predicted molar refractivity (Wildman–Crippen MR) is 117 cm³/mol. The first kappa shape index (κ1) is 22.7. The van der Waals surface area contributed by atoms with Gasteiger partial charge in [0.15, 0.2) is 17.2 Å². The Labute approximate surface area is 188 Å². The second kappa shape index (κ2) is 8.26. The lowest BCUT2D eigenvalue weighted by Crippen LogP contribution is -2.44. The minimum atomic E-state index is -3.99. The highest BCUT2D eigenvalue weighted by Crippen LogP contribution is 2.43. The van der Waals surface area contributed by atoms with E-state index in [1.54, 1.807) is 17.8 Å². The fraction of sp³-hybridized carbons (Fsp3) is 0.333. The van der Waals surface area contributed by atoms with Crippen LogP contribution in [-0.4, -0.2) is 43.4 Å². The molecule has 29 heavy (non-hydrogen) atoms. The van der Waals surface area contributed by atoms with Crippen LogP contribution in [0.15, 0.2) is 41.3 Å². The normalized spacial score (nSPS) is 23.8. The number of likely N-dealkylation sites (N-methyl/N-ethyl adjacent to an activating group) is 1. The summed E-state index contributed by atoms with van der Waals surface area (Å²) < 4.78 is 34.3. The maximum absolute atomic E-state index is 11.8. The summed E-state index contributed by atoms with van der Waals surface area (Å²) in [5, 5.41) is 16.6. The van der Waals surface area contributed by atoms with E-state index in [1.165, 1.54) is 12.1 Å². The summed E-state index contributed by atoms with van der Waals surface area (Å²) in [7, 11) is -2.18. The number of primary sulfonamides is 1. The van der Waals surface area contributed by atoms with Crippen molar-refractivity contribution in [1.82, 2.24) is 4.90 Å². The van der Waals surface area contributed by atoms with Gasteiger partial charge >= 0.3 is 0 Å². The maximum atomic E-state index is 11.8. The number of rotatable bonds is 4. The zero-order valence-electron chi connectivity index (χ0n) is 15.4. The van der Waals surface area contributed by atoms with Crippen molar-refractivity contribution < 1.29 is 23.0 Å². The summed E-state index contributed by atoms with van der Waals surface area (Å²) in [6.45, 7) is 0.222. The van der Waals surface area contributed by atoms with Gasteiger partial charge in [0.05, 0.1) is 10.4 Å². The predicted octanol–water partition coefficient (Wildman–Crippen LogP) is 2.69. The van der Waals surface area contributed by atoms with Crippen LogP contribution >= 0.6 is 40.3 Å². The zero-order valence-corrected chi connectivity index (χ0v) is 19.5. The minimum absolute atomic E-state index is 0. The van der Waals surface area contributed by atoms with Gasteiger partial charge in [-0.3, -0.25) is 4.90 Å². The second-order valence-corrected chi connectivity index (χ2v) is 9.88. The number of nitrogens with two attached hydrogens (primary N) is 1. The van der Waals surface area contributed by atoms with Crippen LogP contribution in [0.4, 0.5) is 0 Å². The van der Waals surface area contributed by atoms with Crippen LogP contribution in [0, 0.1) is 0 Å². The van der Waals surface area contributed by atoms with Crippen LogP contribution in [0.1, 0.15) is 11.1 Å². The molecule has 158 valence electrons. The summed E-state index contributed by atoms with van der Waals surface area (Å²) in [5.41, 5.74) is 0.152. The molecule has 0 aromatic heterocycles. The van der Waals surface area contributed by atoms with Crippen LogP contribution in [0.5, 0.6) is 11.5 Å². The van der Waals surface area contributed by atoms with E-state index in [9.17, 15) is 13.5 Å². The zero-order chi connectivity index (χ0) is 20.1. The van der Waals surface area contributed by atoms with E-state index in [1.807, 2.05) is 30.1 Å². The molecular weight excluding hydrogens is 504 g/mol. The van der Waals surface area contributed by atoms with Gasteiger partial charge in [0.2, 0.25) is 16.8 Å². The van der Waals surface area contributed by atoms with E-state index in [4.69, 9.17) is 26.2 Å². The van der Waals surface area contributed by atoms with Crippen LogP contribution in [0.25, 0.3) is 0 Å². The summed E-state index contributed by atoms with van der Waals surface area (Å²) in [6, 6.07) is 10.2. The molecule has 2 aromatic rings. The van der Waals surface area contributed by atoms with E-state index < -0.39 is 15.7 Å². The molecule has 4 rings (SSSR count). The monoisotopic (exact) mass is 522 g/mol. The Morgan fingerprint density at radius 3 is 2.72 bits per heavy atom. The van der Waals surface area contributed by atoms with Gasteiger partial charge in [-0.25, -0.2) is 13.6 Å². The number of halogens is 2. The molecule has 2 aromatic carbocycles. The van der Waals surface area contributed by atoms with Crippen LogP contribution < -0.4 is 14.6 Å². The molecule has 2 atom stereocenters. The highest BCUT2D eigenvalue weighted by atomic mass is 79.9. The molecule has 0 amide bonds. The highest BCUT2D eigenvalue weighted by molar-refractivity contribution is 8.93. The number of benzene rings is 2. The van der Waals surface area contributed by atoms with Crippen molar-refractivity contribution in [1.29, 1.82) is 0 Å². The molecule has 2 aliphatic rings. The third kappa shape index (κ3) is 4.25. The largest absolute Gasteiger partial charge is 0.454 e. The number of aliphatic hydroxyl groups is 1. The molecule has 0 bridgehead atoms. The molecule has 0 spiro atoms. The lowest BCUT2D eigenvalue weighted by atomic mass is 10.0. The first-order chi connectivity index (χ1) is 13.2. The number of nitrogens with zero attached hydrogens (tertiary/aromatic N) is 1. The van der Waals surface area contributed by atoms with Crippen molar-refractivity contribution in [2.24, 2.45) is 5.14 Å². The van der Waals surface area contributed by atoms with Crippen LogP contribution in [0.3, 0.4) is 0 Å². The average molecular weight is 524 g/mol. The Morgan fingerprint density at radius 1 is 1.28 bits per heavy atom. The quantitative estimate of drug-likeness (QED) is 0.635. The van der Waals surface area contributed by atoms with Gasteiger partial charge in [0.25, 0.3) is 0 Å². The minimum Gasteiger partial charge on any atom is -0.454 e. The molecule has 1 fully saturated rings. The van der Waals surface area contributed by atoms with Crippen LogP contribution in [-0.2, 0) is 22.2 Å². The molecule has 2 heterocycles. The second-order valence-electron chi connectivity index (χ2n) is 6.78. The number of sulfonamides is 1. The SMILES string of the molecule is Br.CN1C(Cc2ccc3c(c2)OCO3)SCC1(O)c1ccc(Cl)c(S(N)(=O)=O)c1. The van der Waals surface area contributed by atoms with Gasteiger partial charge in [0.1, 0.15) is 4.90 Å². The molecule has 0 saturated carbocycles. The van der Waals surface area contributed by atoms with E-state index in [2.05, 4.69) is 0 Å². The number of hydrogen-bond acceptors (Lipinski definition) is 7. The third-order valence-corrected chi connectivity index (χ3v) is 7.87. The molecule has 11 heteroatoms. The standard InChI is InChI=1S/C18H19ClN2O5S2.BrH/c1-21-17(7-11-2-5-14-15(6-11)26-10-25-14)27-9-18(21,22)12-3-4-13(19)16(8-12)28(20,23)24;/h2-6,8,17,22H,7,9-10H2,1H3,(H2,20,23,24);1H. The Balaban J connectivity index is 0.00000240. The van der Waals surface area contributed by atoms with Crippen molar-refractivity contribution in [2.75, 3.05) is 19.6 Å². The van der Waals surface area contributed by atoms with E-state index in [0.717, 1.165) is 11.3 Å². The van der Waals surface area contributed by atoms with Gasteiger partial charge in [-0.2, -0.15) is 0 Å². The Bertz CT molecular complexity index is 1040. The lowest BCUT2D eigenvalue weighted by Gasteiger charge is -2.33. The first-order valence-corrected chi connectivity index (χ1v) is 11.4. The number of ether oxygens (including phenoxy) is 2. The molecule has 0 aliphatic carbocycles. The van der Waals surface area contributed by atoms with Crippen molar-refractivity contribution in [3.63, 3.8) is 0 Å². The number of fused-ring (bicyclic) bond motifs is 1. The van der Waals surface area contributed by atoms with Crippen molar-refractivity contribution >= 4 is 50.4 Å². The summed E-state index contributed by atoms with van der Waals surface area (Å²) in [4.78, 5) is 1.64. The smallest absolute Gasteiger partial charge is 0.239 e. The number of hydrogen-bond donors (Lipinski definition) is 2. The van der Waals surface area contributed by atoms with Gasteiger partial charge in [-0.15, -0.1) is 28.7 Å². The Morgan fingerprint density at radius 2 is 2.00 bits per heavy atom. The van der Waals surface area contributed by atoms with Crippen LogP contribution in [0.2, 0.25) is 5.02 Å². The third-order valence-electron chi connectivity index (χ3n) is 5.04. The lowest BCUT2D eigenvalue weighted by molar-refractivity contribution is -0.0769. The number of thioether (sulfide) groups is 1. The average Bonchev–Trinajstić information content (AvgIpc) is 3.21. The molecule has 2 unspecified atom stereocenters. The van der Waals surface area contributed by atoms with Gasteiger partial charge in [-0.05, 0) is 43.3 Å². The van der Waals surface area contributed by atoms with Gasteiger partial charge in [-0.1, -0.05) is 23.7 Å². The van der Waals surface area contributed by atoms with Gasteiger partial charge in [0, 0.05) is 11.3 Å². The van der Waals surface area contributed by atoms with Crippen molar-refractivity contribution in [3.8, 4) is 11.5 Å². The topological polar surface area (TPSA) is 102 Å². The summed E-state index contributed by atoms with van der Waals surface area (Å²) in [6.07, 6.45) is 0.676. The van der Waals surface area contributed by atoms with E-state index in [-0.39, 0.29) is 39.1 Å². The highest BCUT2D eigenvalue weighted by Gasteiger charge is 2.45. The molecule has 7 nitrogen and oxygen atoms in total. The Hall–Kier alpha value is -1.01. The molecule has 1 saturated heterocycles. The fourth-order valence-corrected chi connectivity index (χ4v) is 5.96. The fourth-order valence-electron chi connectivity index (χ4n) is 3.39. The van der Waals surface area contributed by atoms with Gasteiger partial charge < -0.3 is 14.6 Å². The first-order valence-electron chi connectivity index (χ1n) is 8.47.